The minimum absolute atomic E-state index is 0.0609. The van der Waals surface area contributed by atoms with Crippen molar-refractivity contribution in [1.82, 2.24) is 9.97 Å². The Kier molecular flexibility index (Phi) is 5.82. The molecule has 0 bridgehead atoms. The average molecular weight is 390 g/mol. The highest BCUT2D eigenvalue weighted by Gasteiger charge is 2.15. The zero-order valence-corrected chi connectivity index (χ0v) is 17.4. The van der Waals surface area contributed by atoms with E-state index in [1.165, 1.54) is 5.56 Å². The molecule has 6 nitrogen and oxygen atoms in total. The highest BCUT2D eigenvalue weighted by atomic mass is 16.5. The Morgan fingerprint density at radius 2 is 1.69 bits per heavy atom. The molecule has 6 heteroatoms. The van der Waals surface area contributed by atoms with Crippen LogP contribution in [0.5, 0.6) is 5.75 Å². The van der Waals surface area contributed by atoms with Crippen LogP contribution >= 0.6 is 0 Å². The largest absolute Gasteiger partial charge is 0.495 e. The third-order valence-corrected chi connectivity index (χ3v) is 4.45. The summed E-state index contributed by atoms with van der Waals surface area (Å²) in [5.74, 6) is 1.42. The fourth-order valence-corrected chi connectivity index (χ4v) is 2.88. The van der Waals surface area contributed by atoms with Crippen molar-refractivity contribution in [3.05, 3.63) is 71.7 Å². The Bertz CT molecular complexity index is 1010. The van der Waals surface area contributed by atoms with Gasteiger partial charge in [0, 0.05) is 11.8 Å². The predicted molar refractivity (Wildman–Crippen MR) is 116 cm³/mol. The van der Waals surface area contributed by atoms with Crippen LogP contribution in [0.3, 0.4) is 0 Å². The molecule has 2 aromatic carbocycles. The molecule has 150 valence electrons. The van der Waals surface area contributed by atoms with Gasteiger partial charge in [-0.15, -0.1) is 0 Å². The summed E-state index contributed by atoms with van der Waals surface area (Å²) in [6.07, 6.45) is 0. The second kappa shape index (κ2) is 8.31. The number of nitrogens with one attached hydrogen (secondary N) is 2. The van der Waals surface area contributed by atoms with Crippen molar-refractivity contribution < 1.29 is 9.53 Å². The molecule has 29 heavy (non-hydrogen) atoms. The van der Waals surface area contributed by atoms with Gasteiger partial charge in [0.25, 0.3) is 5.91 Å². The predicted octanol–water partition coefficient (Wildman–Crippen LogP) is 5.09. The van der Waals surface area contributed by atoms with E-state index in [1.807, 2.05) is 48.5 Å². The lowest BCUT2D eigenvalue weighted by Crippen LogP contribution is -2.16. The summed E-state index contributed by atoms with van der Waals surface area (Å²) in [4.78, 5) is 21.4. The highest BCUT2D eigenvalue weighted by molar-refractivity contribution is 6.03. The first-order chi connectivity index (χ1) is 13.8. The van der Waals surface area contributed by atoms with Crippen LogP contribution in [0.25, 0.3) is 0 Å². The number of aryl methyl sites for hydroxylation is 1. The maximum Gasteiger partial charge on any atom is 0.274 e. The lowest BCUT2D eigenvalue weighted by Gasteiger charge is -2.19. The van der Waals surface area contributed by atoms with Gasteiger partial charge in [0.05, 0.1) is 12.8 Å². The van der Waals surface area contributed by atoms with E-state index in [9.17, 15) is 4.79 Å². The van der Waals surface area contributed by atoms with Crippen LogP contribution in [0, 0.1) is 6.92 Å². The van der Waals surface area contributed by atoms with Crippen molar-refractivity contribution in [3.8, 4) is 5.75 Å². The molecule has 0 aliphatic rings. The second-order valence-corrected chi connectivity index (χ2v) is 7.79. The van der Waals surface area contributed by atoms with Gasteiger partial charge < -0.3 is 15.4 Å². The fraction of sp³-hybridized carbons (Fsp3) is 0.261. The number of aromatic nitrogens is 2. The van der Waals surface area contributed by atoms with Gasteiger partial charge in [-0.3, -0.25) is 4.79 Å². The fourth-order valence-electron chi connectivity index (χ4n) is 2.88. The van der Waals surface area contributed by atoms with Gasteiger partial charge >= 0.3 is 0 Å². The molecule has 0 unspecified atom stereocenters. The van der Waals surface area contributed by atoms with Gasteiger partial charge in [-0.25, -0.2) is 9.97 Å². The van der Waals surface area contributed by atoms with Crippen molar-refractivity contribution in [2.24, 2.45) is 0 Å². The van der Waals surface area contributed by atoms with Crippen molar-refractivity contribution in [2.75, 3.05) is 17.7 Å². The zero-order valence-electron chi connectivity index (χ0n) is 17.4. The molecule has 0 radical (unpaired) electrons. The van der Waals surface area contributed by atoms with Gasteiger partial charge in [0.2, 0.25) is 0 Å². The first-order valence-corrected chi connectivity index (χ1v) is 9.44. The van der Waals surface area contributed by atoms with Crippen LogP contribution in [-0.2, 0) is 5.41 Å². The summed E-state index contributed by atoms with van der Waals surface area (Å²) in [6, 6.07) is 17.0. The summed E-state index contributed by atoms with van der Waals surface area (Å²) in [5, 5.41) is 6.09. The van der Waals surface area contributed by atoms with Crippen LogP contribution in [0.2, 0.25) is 0 Å². The molecular formula is C23H26N4O2. The number of ether oxygens (including phenoxy) is 1. The second-order valence-electron chi connectivity index (χ2n) is 7.79. The van der Waals surface area contributed by atoms with Gasteiger partial charge in [0.1, 0.15) is 23.1 Å². The van der Waals surface area contributed by atoms with Crippen LogP contribution in [0.1, 0.15) is 42.6 Å². The Morgan fingerprint density at radius 1 is 1.00 bits per heavy atom. The normalized spacial score (nSPS) is 11.1. The van der Waals surface area contributed by atoms with Gasteiger partial charge in [0.15, 0.2) is 0 Å². The number of carbonyl (C=O) groups excluding carboxylic acids is 1. The maximum absolute atomic E-state index is 12.7. The SMILES string of the molecule is COc1ccccc1Nc1cc(C(=O)Nc2ccc(C(C)(C)C)cc2)nc(C)n1. The van der Waals surface area contributed by atoms with Crippen LogP contribution < -0.4 is 15.4 Å². The number of para-hydroxylation sites is 2. The number of carbonyl (C=O) groups is 1. The molecule has 1 amide bonds. The lowest BCUT2D eigenvalue weighted by atomic mass is 9.87. The summed E-state index contributed by atoms with van der Waals surface area (Å²) in [7, 11) is 1.61. The first kappa shape index (κ1) is 20.3. The van der Waals surface area contributed by atoms with Crippen molar-refractivity contribution in [1.29, 1.82) is 0 Å². The third-order valence-electron chi connectivity index (χ3n) is 4.45. The molecule has 0 aliphatic heterocycles. The Labute approximate surface area is 171 Å². The average Bonchev–Trinajstić information content (AvgIpc) is 2.67. The van der Waals surface area contributed by atoms with Gasteiger partial charge in [-0.2, -0.15) is 0 Å². The number of nitrogens with zero attached hydrogens (tertiary/aromatic N) is 2. The first-order valence-electron chi connectivity index (χ1n) is 9.44. The topological polar surface area (TPSA) is 76.1 Å². The van der Waals surface area contributed by atoms with E-state index in [0.29, 0.717) is 17.4 Å². The summed E-state index contributed by atoms with van der Waals surface area (Å²) in [6.45, 7) is 8.21. The van der Waals surface area contributed by atoms with E-state index in [2.05, 4.69) is 41.4 Å². The van der Waals surface area contributed by atoms with E-state index >= 15 is 0 Å². The number of hydrogen-bond donors (Lipinski definition) is 2. The van der Waals surface area contributed by atoms with E-state index in [1.54, 1.807) is 20.1 Å². The number of anilines is 3. The van der Waals surface area contributed by atoms with E-state index in [4.69, 9.17) is 4.74 Å². The van der Waals surface area contributed by atoms with Crippen LogP contribution in [0.4, 0.5) is 17.2 Å². The molecule has 3 aromatic rings. The Balaban J connectivity index is 1.79. The van der Waals surface area contributed by atoms with Crippen LogP contribution in [0.15, 0.2) is 54.6 Å². The molecule has 0 saturated heterocycles. The number of rotatable bonds is 5. The molecule has 2 N–H and O–H groups in total. The standard InChI is InChI=1S/C23H26N4O2/c1-15-24-19(14-21(25-15)27-18-8-6-7-9-20(18)29-5)22(28)26-17-12-10-16(11-13-17)23(2,3)4/h6-14H,1-5H3,(H,26,28)(H,24,25,27). The third kappa shape index (κ3) is 5.10. The molecular weight excluding hydrogens is 364 g/mol. The lowest BCUT2D eigenvalue weighted by molar-refractivity contribution is 0.102. The smallest absolute Gasteiger partial charge is 0.274 e. The zero-order chi connectivity index (χ0) is 21.0. The minimum Gasteiger partial charge on any atom is -0.495 e. The Hall–Kier alpha value is -3.41. The highest BCUT2D eigenvalue weighted by Crippen LogP contribution is 2.27. The molecule has 0 aliphatic carbocycles. The van der Waals surface area contributed by atoms with E-state index in [-0.39, 0.29) is 17.0 Å². The van der Waals surface area contributed by atoms with E-state index < -0.39 is 0 Å². The van der Waals surface area contributed by atoms with Gasteiger partial charge in [-0.05, 0) is 42.2 Å². The Morgan fingerprint density at radius 3 is 2.34 bits per heavy atom. The molecule has 0 saturated carbocycles. The summed E-state index contributed by atoms with van der Waals surface area (Å²) >= 11 is 0. The number of amides is 1. The number of hydrogen-bond acceptors (Lipinski definition) is 5. The molecule has 3 rings (SSSR count). The monoisotopic (exact) mass is 390 g/mol. The van der Waals surface area contributed by atoms with Gasteiger partial charge in [-0.1, -0.05) is 45.0 Å². The maximum atomic E-state index is 12.7. The summed E-state index contributed by atoms with van der Waals surface area (Å²) in [5.41, 5.74) is 3.04. The summed E-state index contributed by atoms with van der Waals surface area (Å²) < 4.78 is 5.35. The quantitative estimate of drug-likeness (QED) is 0.635. The number of benzene rings is 2. The molecule has 1 aromatic heterocycles. The van der Waals surface area contributed by atoms with E-state index in [0.717, 1.165) is 11.4 Å². The molecule has 1 heterocycles. The molecule has 0 fully saturated rings. The van der Waals surface area contributed by atoms with Crippen LogP contribution in [-0.4, -0.2) is 23.0 Å². The van der Waals surface area contributed by atoms with Crippen molar-refractivity contribution in [3.63, 3.8) is 0 Å². The molecule has 0 atom stereocenters. The van der Waals surface area contributed by atoms with Crippen molar-refractivity contribution >= 4 is 23.1 Å². The minimum atomic E-state index is -0.290. The molecule has 0 spiro atoms. The number of methoxy groups -OCH3 is 1. The van der Waals surface area contributed by atoms with Crippen molar-refractivity contribution in [2.45, 2.75) is 33.1 Å².